The van der Waals surface area contributed by atoms with Gasteiger partial charge in [-0.25, -0.2) is 0 Å². The van der Waals surface area contributed by atoms with E-state index in [9.17, 15) is 0 Å². The Hall–Kier alpha value is -1.27. The van der Waals surface area contributed by atoms with Crippen LogP contribution in [0, 0.1) is 0 Å². The van der Waals surface area contributed by atoms with Crippen molar-refractivity contribution in [1.82, 2.24) is 25.5 Å². The van der Waals surface area contributed by atoms with Gasteiger partial charge in [-0.2, -0.15) is 4.68 Å². The topological polar surface area (TPSA) is 55.6 Å². The van der Waals surface area contributed by atoms with Gasteiger partial charge in [0.25, 0.3) is 0 Å². The van der Waals surface area contributed by atoms with Crippen molar-refractivity contribution in [3.8, 4) is 5.69 Å². The summed E-state index contributed by atoms with van der Waals surface area (Å²) in [7, 11) is 0. The largest absolute Gasteiger partial charge is 0.310 e. The monoisotopic (exact) mass is 323 g/mol. The van der Waals surface area contributed by atoms with Gasteiger partial charge < -0.3 is 5.32 Å². The minimum atomic E-state index is 0.681. The van der Waals surface area contributed by atoms with Crippen LogP contribution in [0.3, 0.4) is 0 Å². The van der Waals surface area contributed by atoms with Crippen LogP contribution in [0.4, 0.5) is 0 Å². The summed E-state index contributed by atoms with van der Waals surface area (Å²) in [4.78, 5) is 0. The first-order valence-corrected chi connectivity index (χ1v) is 7.32. The zero-order chi connectivity index (χ0) is 13.7. The van der Waals surface area contributed by atoms with Gasteiger partial charge in [-0.15, -0.1) is 5.10 Å². The fraction of sp³-hybridized carbons (Fsp3) is 0.462. The predicted molar refractivity (Wildman–Crippen MR) is 78.2 cm³/mol. The average molecular weight is 324 g/mol. The standard InChI is InChI=1S/C13H18BrN5/c1-3-7-15-9-13-16-17-18-19(13)12-6-5-11(14)8-10(12)4-2/h5-6,8,15H,3-4,7,9H2,1-2H3. The third-order valence-electron chi connectivity index (χ3n) is 2.89. The van der Waals surface area contributed by atoms with E-state index in [1.165, 1.54) is 5.56 Å². The van der Waals surface area contributed by atoms with Gasteiger partial charge in [-0.1, -0.05) is 29.8 Å². The third kappa shape index (κ3) is 3.39. The molecule has 1 heterocycles. The first-order chi connectivity index (χ1) is 9.26. The van der Waals surface area contributed by atoms with E-state index in [4.69, 9.17) is 0 Å². The lowest BCUT2D eigenvalue weighted by Crippen LogP contribution is -2.18. The van der Waals surface area contributed by atoms with Gasteiger partial charge in [0.1, 0.15) is 0 Å². The Kier molecular flexibility index (Phi) is 5.04. The number of nitrogens with zero attached hydrogens (tertiary/aromatic N) is 4. The third-order valence-corrected chi connectivity index (χ3v) is 3.39. The highest BCUT2D eigenvalue weighted by Crippen LogP contribution is 2.20. The Morgan fingerprint density at radius 3 is 2.89 bits per heavy atom. The van der Waals surface area contributed by atoms with Crippen molar-refractivity contribution in [2.45, 2.75) is 33.2 Å². The van der Waals surface area contributed by atoms with E-state index in [0.29, 0.717) is 6.54 Å². The number of halogens is 1. The Labute approximate surface area is 121 Å². The van der Waals surface area contributed by atoms with Crippen molar-refractivity contribution < 1.29 is 0 Å². The maximum Gasteiger partial charge on any atom is 0.170 e. The van der Waals surface area contributed by atoms with Gasteiger partial charge in [-0.05, 0) is 53.6 Å². The number of aromatic nitrogens is 4. The molecule has 0 saturated carbocycles. The number of benzene rings is 1. The van der Waals surface area contributed by atoms with Gasteiger partial charge >= 0.3 is 0 Å². The van der Waals surface area contributed by atoms with Crippen LogP contribution in [0.15, 0.2) is 22.7 Å². The maximum absolute atomic E-state index is 4.10. The quantitative estimate of drug-likeness (QED) is 0.830. The lowest BCUT2D eigenvalue weighted by atomic mass is 10.1. The molecule has 102 valence electrons. The molecule has 0 bridgehead atoms. The van der Waals surface area contributed by atoms with E-state index >= 15 is 0 Å². The summed E-state index contributed by atoms with van der Waals surface area (Å²) in [6.45, 7) is 5.92. The Bertz CT molecular complexity index is 538. The Morgan fingerprint density at radius 1 is 1.32 bits per heavy atom. The van der Waals surface area contributed by atoms with Crippen LogP contribution in [0.1, 0.15) is 31.7 Å². The zero-order valence-electron chi connectivity index (χ0n) is 11.2. The molecule has 5 nitrogen and oxygen atoms in total. The molecule has 1 aromatic heterocycles. The highest BCUT2D eigenvalue weighted by Gasteiger charge is 2.11. The van der Waals surface area contributed by atoms with E-state index < -0.39 is 0 Å². The van der Waals surface area contributed by atoms with Crippen LogP contribution in [-0.4, -0.2) is 26.8 Å². The van der Waals surface area contributed by atoms with Crippen molar-refractivity contribution in [3.05, 3.63) is 34.1 Å². The maximum atomic E-state index is 4.10. The van der Waals surface area contributed by atoms with Gasteiger partial charge in [0.05, 0.1) is 12.2 Å². The molecule has 19 heavy (non-hydrogen) atoms. The second-order valence-electron chi connectivity index (χ2n) is 4.31. The summed E-state index contributed by atoms with van der Waals surface area (Å²) in [6.07, 6.45) is 2.04. The first kappa shape index (κ1) is 14.1. The molecule has 1 aromatic carbocycles. The molecule has 6 heteroatoms. The van der Waals surface area contributed by atoms with Crippen LogP contribution in [-0.2, 0) is 13.0 Å². The van der Waals surface area contributed by atoms with Gasteiger partial charge in [0, 0.05) is 4.47 Å². The van der Waals surface area contributed by atoms with Crippen molar-refractivity contribution in [1.29, 1.82) is 0 Å². The van der Waals surface area contributed by atoms with Crippen LogP contribution in [0.25, 0.3) is 5.69 Å². The number of tetrazole rings is 1. The summed E-state index contributed by atoms with van der Waals surface area (Å²) >= 11 is 3.50. The van der Waals surface area contributed by atoms with Crippen molar-refractivity contribution in [3.63, 3.8) is 0 Å². The SMILES string of the molecule is CCCNCc1nnnn1-c1ccc(Br)cc1CC. The second-order valence-corrected chi connectivity index (χ2v) is 5.23. The molecule has 2 aromatic rings. The molecule has 2 rings (SSSR count). The van der Waals surface area contributed by atoms with Gasteiger partial charge in [0.15, 0.2) is 5.82 Å². The highest BCUT2D eigenvalue weighted by atomic mass is 79.9. The number of hydrogen-bond acceptors (Lipinski definition) is 4. The summed E-state index contributed by atoms with van der Waals surface area (Å²) < 4.78 is 2.89. The lowest BCUT2D eigenvalue weighted by Gasteiger charge is -2.10. The van der Waals surface area contributed by atoms with E-state index in [1.54, 1.807) is 0 Å². The zero-order valence-corrected chi connectivity index (χ0v) is 12.8. The summed E-state index contributed by atoms with van der Waals surface area (Å²) in [5.41, 5.74) is 2.27. The smallest absolute Gasteiger partial charge is 0.170 e. The van der Waals surface area contributed by atoms with Gasteiger partial charge in [-0.3, -0.25) is 0 Å². The summed E-state index contributed by atoms with van der Waals surface area (Å²) in [6, 6.07) is 6.17. The second kappa shape index (κ2) is 6.77. The first-order valence-electron chi connectivity index (χ1n) is 6.53. The molecular formula is C13H18BrN5. The molecule has 0 aliphatic carbocycles. The minimum absolute atomic E-state index is 0.681. The lowest BCUT2D eigenvalue weighted by molar-refractivity contribution is 0.631. The normalized spacial score (nSPS) is 10.9. The van der Waals surface area contributed by atoms with Crippen molar-refractivity contribution in [2.75, 3.05) is 6.54 Å². The Balaban J connectivity index is 2.29. The van der Waals surface area contributed by atoms with Crippen LogP contribution >= 0.6 is 15.9 Å². The molecular weight excluding hydrogens is 306 g/mol. The van der Waals surface area contributed by atoms with Gasteiger partial charge in [0.2, 0.25) is 0 Å². The highest BCUT2D eigenvalue weighted by molar-refractivity contribution is 9.10. The molecule has 0 saturated heterocycles. The summed E-state index contributed by atoms with van der Waals surface area (Å²) in [5, 5.41) is 15.3. The predicted octanol–water partition coefficient (Wildman–Crippen LogP) is 2.49. The molecule has 0 fully saturated rings. The number of rotatable bonds is 6. The van der Waals surface area contributed by atoms with Crippen molar-refractivity contribution in [2.24, 2.45) is 0 Å². The molecule has 0 unspecified atom stereocenters. The molecule has 0 aliphatic heterocycles. The van der Waals surface area contributed by atoms with E-state index in [1.807, 2.05) is 16.8 Å². The molecule has 0 atom stereocenters. The number of hydrogen-bond donors (Lipinski definition) is 1. The minimum Gasteiger partial charge on any atom is -0.310 e. The van der Waals surface area contributed by atoms with Crippen LogP contribution in [0.5, 0.6) is 0 Å². The van der Waals surface area contributed by atoms with Crippen molar-refractivity contribution >= 4 is 15.9 Å². The summed E-state index contributed by atoms with van der Waals surface area (Å²) in [5.74, 6) is 0.838. The average Bonchev–Trinajstić information content (AvgIpc) is 2.87. The van der Waals surface area contributed by atoms with Crippen LogP contribution < -0.4 is 5.32 Å². The van der Waals surface area contributed by atoms with Crippen LogP contribution in [0.2, 0.25) is 0 Å². The fourth-order valence-electron chi connectivity index (χ4n) is 1.92. The molecule has 0 aliphatic rings. The van der Waals surface area contributed by atoms with E-state index in [0.717, 1.165) is 35.4 Å². The molecule has 1 N–H and O–H groups in total. The Morgan fingerprint density at radius 2 is 2.16 bits per heavy atom. The molecule has 0 amide bonds. The van der Waals surface area contributed by atoms with E-state index in [-0.39, 0.29) is 0 Å². The molecule has 0 radical (unpaired) electrons. The van der Waals surface area contributed by atoms with E-state index in [2.05, 4.69) is 56.7 Å². The molecule has 0 spiro atoms. The fourth-order valence-corrected chi connectivity index (χ4v) is 2.33. The number of aryl methyl sites for hydroxylation is 1. The number of nitrogens with one attached hydrogen (secondary N) is 1.